The molecule has 0 bridgehead atoms. The Balaban J connectivity index is 1.26. The van der Waals surface area contributed by atoms with Gasteiger partial charge in [0, 0.05) is 55.2 Å². The second-order valence-electron chi connectivity index (χ2n) is 7.16. The molecule has 1 aliphatic rings. The summed E-state index contributed by atoms with van der Waals surface area (Å²) in [6, 6.07) is 16.6. The second kappa shape index (κ2) is 9.13. The molecule has 0 N–H and O–H groups in total. The molecule has 4 rings (SSSR count). The summed E-state index contributed by atoms with van der Waals surface area (Å²) in [6.45, 7) is 2.16. The number of nitrogens with zero attached hydrogens (tertiary/aromatic N) is 3. The topological polar surface area (TPSA) is 66.7 Å². The Labute approximate surface area is 180 Å². The van der Waals surface area contributed by atoms with E-state index >= 15 is 0 Å². The van der Waals surface area contributed by atoms with Gasteiger partial charge < -0.3 is 14.2 Å². The van der Waals surface area contributed by atoms with Crippen LogP contribution in [0.2, 0.25) is 5.02 Å². The Morgan fingerprint density at radius 1 is 0.933 bits per heavy atom. The van der Waals surface area contributed by atoms with Crippen LogP contribution in [0.25, 0.3) is 11.3 Å². The Hall–Kier alpha value is -3.12. The highest BCUT2D eigenvalue weighted by atomic mass is 35.5. The first-order chi connectivity index (χ1) is 14.6. The molecule has 0 spiro atoms. The van der Waals surface area contributed by atoms with Crippen LogP contribution in [0, 0.1) is 0 Å². The van der Waals surface area contributed by atoms with E-state index in [-0.39, 0.29) is 11.8 Å². The molecule has 1 aliphatic heterocycles. The smallest absolute Gasteiger partial charge is 0.253 e. The van der Waals surface area contributed by atoms with Crippen molar-refractivity contribution < 1.29 is 14.0 Å². The Morgan fingerprint density at radius 2 is 1.60 bits per heavy atom. The van der Waals surface area contributed by atoms with Gasteiger partial charge in [-0.2, -0.15) is 0 Å². The number of carbonyl (C=O) groups is 2. The first-order valence-electron chi connectivity index (χ1n) is 9.93. The van der Waals surface area contributed by atoms with Crippen molar-refractivity contribution in [3.05, 3.63) is 77.3 Å². The number of halogens is 1. The zero-order valence-electron chi connectivity index (χ0n) is 16.5. The van der Waals surface area contributed by atoms with E-state index in [9.17, 15) is 9.59 Å². The van der Waals surface area contributed by atoms with Gasteiger partial charge in [-0.3, -0.25) is 9.59 Å². The molecule has 0 radical (unpaired) electrons. The third-order valence-corrected chi connectivity index (χ3v) is 5.43. The predicted molar refractivity (Wildman–Crippen MR) is 114 cm³/mol. The minimum Gasteiger partial charge on any atom is -0.441 e. The third kappa shape index (κ3) is 4.71. The molecule has 2 aromatic carbocycles. The summed E-state index contributed by atoms with van der Waals surface area (Å²) in [5.41, 5.74) is 1.57. The summed E-state index contributed by atoms with van der Waals surface area (Å²) < 4.78 is 5.77. The van der Waals surface area contributed by atoms with E-state index in [0.29, 0.717) is 61.3 Å². The van der Waals surface area contributed by atoms with Crippen LogP contribution in [0.3, 0.4) is 0 Å². The standard InChI is InChI=1S/C23H22ClN3O3/c24-19-8-6-17(7-9-19)20-16-25-21(30-20)10-11-22(28)26-12-14-27(15-13-26)23(29)18-4-2-1-3-5-18/h1-9,16H,10-15H2. The van der Waals surface area contributed by atoms with Crippen molar-refractivity contribution in [3.63, 3.8) is 0 Å². The van der Waals surface area contributed by atoms with Crippen LogP contribution in [0.1, 0.15) is 22.7 Å². The quantitative estimate of drug-likeness (QED) is 0.624. The van der Waals surface area contributed by atoms with Crippen molar-refractivity contribution >= 4 is 23.4 Å². The average molecular weight is 424 g/mol. The van der Waals surface area contributed by atoms with Crippen LogP contribution in [0.15, 0.2) is 65.2 Å². The van der Waals surface area contributed by atoms with Crippen molar-refractivity contribution in [1.29, 1.82) is 0 Å². The predicted octanol–water partition coefficient (Wildman–Crippen LogP) is 3.91. The number of hydrogen-bond acceptors (Lipinski definition) is 4. The first-order valence-corrected chi connectivity index (χ1v) is 10.3. The fraction of sp³-hybridized carbons (Fsp3) is 0.261. The van der Waals surface area contributed by atoms with E-state index in [0.717, 1.165) is 5.56 Å². The number of rotatable bonds is 5. The third-order valence-electron chi connectivity index (χ3n) is 5.18. The van der Waals surface area contributed by atoms with E-state index in [2.05, 4.69) is 4.98 Å². The second-order valence-corrected chi connectivity index (χ2v) is 7.60. The summed E-state index contributed by atoms with van der Waals surface area (Å²) in [5, 5.41) is 0.662. The molecule has 0 atom stereocenters. The summed E-state index contributed by atoms with van der Waals surface area (Å²) >= 11 is 5.91. The van der Waals surface area contributed by atoms with Crippen molar-refractivity contribution in [2.75, 3.05) is 26.2 Å². The number of hydrogen-bond donors (Lipinski definition) is 0. The maximum atomic E-state index is 12.6. The van der Waals surface area contributed by atoms with Crippen molar-refractivity contribution in [2.45, 2.75) is 12.8 Å². The highest BCUT2D eigenvalue weighted by Gasteiger charge is 2.24. The molecule has 0 unspecified atom stereocenters. The summed E-state index contributed by atoms with van der Waals surface area (Å²) in [5.74, 6) is 1.25. The Morgan fingerprint density at radius 3 is 2.30 bits per heavy atom. The van der Waals surface area contributed by atoms with Crippen LogP contribution in [0.4, 0.5) is 0 Å². The van der Waals surface area contributed by atoms with Gasteiger partial charge in [0.05, 0.1) is 6.20 Å². The summed E-state index contributed by atoms with van der Waals surface area (Å²) in [4.78, 5) is 33.0. The molecule has 0 saturated carbocycles. The molecule has 154 valence electrons. The van der Waals surface area contributed by atoms with Crippen molar-refractivity contribution in [1.82, 2.24) is 14.8 Å². The van der Waals surface area contributed by atoms with Gasteiger partial charge in [-0.25, -0.2) is 4.98 Å². The summed E-state index contributed by atoms with van der Waals surface area (Å²) in [7, 11) is 0. The largest absolute Gasteiger partial charge is 0.441 e. The SMILES string of the molecule is O=C(CCc1ncc(-c2ccc(Cl)cc2)o1)N1CCN(C(=O)c2ccccc2)CC1. The highest BCUT2D eigenvalue weighted by molar-refractivity contribution is 6.30. The van der Waals surface area contributed by atoms with Crippen LogP contribution in [0.5, 0.6) is 0 Å². The van der Waals surface area contributed by atoms with Crippen molar-refractivity contribution in [2.24, 2.45) is 0 Å². The van der Waals surface area contributed by atoms with E-state index in [1.54, 1.807) is 28.1 Å². The minimum atomic E-state index is 0.0113. The van der Waals surface area contributed by atoms with Gasteiger partial charge >= 0.3 is 0 Å². The van der Waals surface area contributed by atoms with Crippen molar-refractivity contribution in [3.8, 4) is 11.3 Å². The molecule has 1 fully saturated rings. The average Bonchev–Trinajstić information content (AvgIpc) is 3.27. The number of carbonyl (C=O) groups excluding carboxylic acids is 2. The highest BCUT2D eigenvalue weighted by Crippen LogP contribution is 2.23. The van der Waals surface area contributed by atoms with Gasteiger partial charge in [0.25, 0.3) is 5.91 Å². The van der Waals surface area contributed by atoms with E-state index in [4.69, 9.17) is 16.0 Å². The Bertz CT molecular complexity index is 1010. The number of amides is 2. The van der Waals surface area contributed by atoms with Crippen LogP contribution >= 0.6 is 11.6 Å². The number of oxazole rings is 1. The Kier molecular flexibility index (Phi) is 6.14. The molecule has 6 nitrogen and oxygen atoms in total. The van der Waals surface area contributed by atoms with Gasteiger partial charge in [-0.1, -0.05) is 29.8 Å². The molecule has 1 saturated heterocycles. The monoisotopic (exact) mass is 423 g/mol. The number of benzene rings is 2. The molecule has 3 aromatic rings. The lowest BCUT2D eigenvalue weighted by Crippen LogP contribution is -2.50. The fourth-order valence-electron chi connectivity index (χ4n) is 3.47. The van der Waals surface area contributed by atoms with Crippen LogP contribution < -0.4 is 0 Å². The van der Waals surface area contributed by atoms with Crippen LogP contribution in [-0.2, 0) is 11.2 Å². The lowest BCUT2D eigenvalue weighted by Gasteiger charge is -2.34. The molecule has 0 aliphatic carbocycles. The van der Waals surface area contributed by atoms with Gasteiger partial charge in [-0.05, 0) is 36.4 Å². The minimum absolute atomic E-state index is 0.0113. The molecule has 1 aromatic heterocycles. The van der Waals surface area contributed by atoms with Gasteiger partial charge in [0.1, 0.15) is 0 Å². The van der Waals surface area contributed by atoms with Gasteiger partial charge in [0.15, 0.2) is 11.7 Å². The number of piperazine rings is 1. The van der Waals surface area contributed by atoms with E-state index in [1.807, 2.05) is 42.5 Å². The zero-order valence-corrected chi connectivity index (χ0v) is 17.2. The molecular weight excluding hydrogens is 402 g/mol. The molecule has 7 heteroatoms. The normalized spacial score (nSPS) is 14.0. The van der Waals surface area contributed by atoms with E-state index < -0.39 is 0 Å². The number of aromatic nitrogens is 1. The molecule has 2 heterocycles. The van der Waals surface area contributed by atoms with E-state index in [1.165, 1.54) is 0 Å². The lowest BCUT2D eigenvalue weighted by atomic mass is 10.1. The van der Waals surface area contributed by atoms with Gasteiger partial charge in [0.2, 0.25) is 5.91 Å². The number of aryl methyl sites for hydroxylation is 1. The maximum absolute atomic E-state index is 12.6. The maximum Gasteiger partial charge on any atom is 0.253 e. The van der Waals surface area contributed by atoms with Crippen LogP contribution in [-0.4, -0.2) is 52.8 Å². The molecular formula is C23H22ClN3O3. The fourth-order valence-corrected chi connectivity index (χ4v) is 3.59. The molecule has 2 amide bonds. The zero-order chi connectivity index (χ0) is 20.9. The first kappa shape index (κ1) is 20.2. The summed E-state index contributed by atoms with van der Waals surface area (Å²) in [6.07, 6.45) is 2.43. The molecule has 30 heavy (non-hydrogen) atoms. The lowest BCUT2D eigenvalue weighted by molar-refractivity contribution is -0.132. The van der Waals surface area contributed by atoms with Gasteiger partial charge in [-0.15, -0.1) is 0 Å².